The fourth-order valence-electron chi connectivity index (χ4n) is 8.83. The number of para-hydroxylation sites is 3. The first-order chi connectivity index (χ1) is 34.2. The molecule has 0 saturated carbocycles. The molecular weight excluding hydrogens is 855 g/mol. The summed E-state index contributed by atoms with van der Waals surface area (Å²) < 4.78 is 6.17. The molecule has 0 saturated heterocycles. The van der Waals surface area contributed by atoms with Crippen LogP contribution in [0.3, 0.4) is 0 Å². The van der Waals surface area contributed by atoms with Crippen molar-refractivity contribution in [3.8, 4) is 85.1 Å². The van der Waals surface area contributed by atoms with Crippen LogP contribution in [0.2, 0.25) is 0 Å². The molecule has 0 atom stereocenters. The average molecular weight is 890 g/mol. The largest absolute Gasteiger partial charge is 0.277 e. The maximum atomic E-state index is 5.05. The number of benzene rings is 5. The van der Waals surface area contributed by atoms with Crippen molar-refractivity contribution < 1.29 is 0 Å². The van der Waals surface area contributed by atoms with Crippen LogP contribution in [-0.2, 0) is 0 Å². The van der Waals surface area contributed by atoms with Crippen LogP contribution in [0.15, 0.2) is 213 Å². The van der Waals surface area contributed by atoms with Gasteiger partial charge in [-0.25, -0.2) is 49.8 Å². The SMILES string of the molecule is c1ccc(-n2c(-c3ccc(-c4cc(-c5ncc(-c6nc7cccnc7n6-c6ccccc6)cn5)cc(-c5ncc(-c6nc7cccnc7n6-c6ccccc6)cn5)c4)cc3)nc3cccnc32)cc1. The molecule has 0 bridgehead atoms. The number of pyridine rings is 3. The number of aromatic nitrogens is 13. The number of hydrogen-bond acceptors (Lipinski definition) is 10. The van der Waals surface area contributed by atoms with E-state index in [1.54, 1.807) is 18.6 Å². The van der Waals surface area contributed by atoms with E-state index < -0.39 is 0 Å². The minimum absolute atomic E-state index is 0.531. The highest BCUT2D eigenvalue weighted by atomic mass is 15.2. The van der Waals surface area contributed by atoms with Crippen LogP contribution in [0, 0.1) is 0 Å². The Kier molecular flexibility index (Phi) is 9.46. The molecule has 13 nitrogen and oxygen atoms in total. The van der Waals surface area contributed by atoms with Crippen molar-refractivity contribution in [3.05, 3.63) is 213 Å². The molecule has 0 aliphatic rings. The Morgan fingerprint density at radius 3 is 0.971 bits per heavy atom. The molecule has 13 aromatic rings. The van der Waals surface area contributed by atoms with Gasteiger partial charge in [0, 0.05) is 77.1 Å². The molecule has 0 unspecified atom stereocenters. The minimum atomic E-state index is 0.531. The zero-order chi connectivity index (χ0) is 45.7. The Labute approximate surface area is 393 Å². The Hall–Kier alpha value is -9.88. The third kappa shape index (κ3) is 7.05. The average Bonchev–Trinajstić information content (AvgIpc) is 4.14. The molecule has 0 spiro atoms. The summed E-state index contributed by atoms with van der Waals surface area (Å²) in [7, 11) is 0. The van der Waals surface area contributed by atoms with Gasteiger partial charge in [0.2, 0.25) is 0 Å². The number of fused-ring (bicyclic) bond motifs is 3. The number of imidazole rings is 3. The minimum Gasteiger partial charge on any atom is -0.277 e. The molecule has 8 heterocycles. The molecule has 13 heteroatoms. The Morgan fingerprint density at radius 2 is 0.594 bits per heavy atom. The maximum absolute atomic E-state index is 5.05. The molecule has 0 aliphatic heterocycles. The van der Waals surface area contributed by atoms with Crippen molar-refractivity contribution >= 4 is 33.5 Å². The highest BCUT2D eigenvalue weighted by molar-refractivity contribution is 5.84. The molecule has 0 amide bonds. The van der Waals surface area contributed by atoms with Crippen LogP contribution in [0.25, 0.3) is 119 Å². The quantitative estimate of drug-likeness (QED) is 0.137. The summed E-state index contributed by atoms with van der Waals surface area (Å²) in [5.41, 5.74) is 13.5. The van der Waals surface area contributed by atoms with Gasteiger partial charge in [0.1, 0.15) is 34.0 Å². The molecule has 69 heavy (non-hydrogen) atoms. The number of hydrogen-bond donors (Lipinski definition) is 0. The highest BCUT2D eigenvalue weighted by Gasteiger charge is 2.20. The van der Waals surface area contributed by atoms with Crippen LogP contribution < -0.4 is 0 Å². The summed E-state index contributed by atoms with van der Waals surface area (Å²) in [5.74, 6) is 3.24. The summed E-state index contributed by atoms with van der Waals surface area (Å²) >= 11 is 0. The van der Waals surface area contributed by atoms with E-state index in [9.17, 15) is 0 Å². The Bertz CT molecular complexity index is 3550. The lowest BCUT2D eigenvalue weighted by atomic mass is 9.98. The summed E-state index contributed by atoms with van der Waals surface area (Å²) in [5, 5.41) is 0. The maximum Gasteiger partial charge on any atom is 0.164 e. The fraction of sp³-hybridized carbons (Fsp3) is 0. The molecule has 0 N–H and O–H groups in total. The van der Waals surface area contributed by atoms with Crippen molar-refractivity contribution in [3.63, 3.8) is 0 Å². The molecule has 8 aromatic heterocycles. The van der Waals surface area contributed by atoms with Crippen molar-refractivity contribution in [2.45, 2.75) is 0 Å². The van der Waals surface area contributed by atoms with Crippen LogP contribution in [0.5, 0.6) is 0 Å². The van der Waals surface area contributed by atoms with E-state index in [1.165, 1.54) is 0 Å². The van der Waals surface area contributed by atoms with Gasteiger partial charge in [-0.3, -0.25) is 13.7 Å². The second kappa shape index (κ2) is 16.5. The standard InChI is InChI=1S/C56H35N13/c1-4-13-43(14-5-1)67-51(64-46-19-10-26-57-54(46)67)37-24-22-36(23-25-37)38-29-39(49-60-32-41(33-61-49)52-65-47-20-11-27-58-55(47)68(52)44-15-6-2-7-16-44)31-40(30-38)50-62-34-42(35-63-50)53-66-48-21-12-28-59-56(48)69(53)45-17-8-3-9-18-45/h1-35H. The van der Waals surface area contributed by atoms with Crippen molar-refractivity contribution in [2.24, 2.45) is 0 Å². The molecule has 0 aliphatic carbocycles. The normalized spacial score (nSPS) is 11.5. The van der Waals surface area contributed by atoms with Crippen LogP contribution in [-0.4, -0.2) is 63.5 Å². The smallest absolute Gasteiger partial charge is 0.164 e. The molecule has 13 rings (SSSR count). The Balaban J connectivity index is 0.914. The zero-order valence-electron chi connectivity index (χ0n) is 36.5. The first-order valence-electron chi connectivity index (χ1n) is 22.3. The lowest BCUT2D eigenvalue weighted by Crippen LogP contribution is -2.00. The Morgan fingerprint density at radius 1 is 0.261 bits per heavy atom. The summed E-state index contributed by atoms with van der Waals surface area (Å²) in [6.07, 6.45) is 12.6. The first-order valence-corrected chi connectivity index (χ1v) is 22.3. The van der Waals surface area contributed by atoms with Gasteiger partial charge in [0.25, 0.3) is 0 Å². The third-order valence-corrected chi connectivity index (χ3v) is 12.0. The summed E-state index contributed by atoms with van der Waals surface area (Å²) in [6.45, 7) is 0. The van der Waals surface area contributed by atoms with Gasteiger partial charge in [-0.05, 0) is 102 Å². The van der Waals surface area contributed by atoms with E-state index in [1.807, 2.05) is 155 Å². The monoisotopic (exact) mass is 889 g/mol. The van der Waals surface area contributed by atoms with Gasteiger partial charge < -0.3 is 0 Å². The number of nitrogens with zero attached hydrogens (tertiary/aromatic N) is 13. The zero-order valence-corrected chi connectivity index (χ0v) is 36.5. The molecular formula is C56H35N13. The van der Waals surface area contributed by atoms with Gasteiger partial charge in [-0.2, -0.15) is 0 Å². The summed E-state index contributed by atoms with van der Waals surface area (Å²) in [4.78, 5) is 48.9. The molecule has 0 fully saturated rings. The van der Waals surface area contributed by atoms with E-state index in [2.05, 4.69) is 63.1 Å². The van der Waals surface area contributed by atoms with Gasteiger partial charge in [-0.15, -0.1) is 0 Å². The fourth-order valence-corrected chi connectivity index (χ4v) is 8.83. The summed E-state index contributed by atoms with van der Waals surface area (Å²) in [6, 6.07) is 56.6. The van der Waals surface area contributed by atoms with Crippen LogP contribution in [0.1, 0.15) is 0 Å². The van der Waals surface area contributed by atoms with Gasteiger partial charge in [0.05, 0.1) is 11.1 Å². The first kappa shape index (κ1) is 39.5. The van der Waals surface area contributed by atoms with Crippen molar-refractivity contribution in [2.75, 3.05) is 0 Å². The molecule has 324 valence electrons. The van der Waals surface area contributed by atoms with Gasteiger partial charge >= 0.3 is 0 Å². The van der Waals surface area contributed by atoms with Crippen molar-refractivity contribution in [1.29, 1.82) is 0 Å². The number of rotatable bonds is 9. The topological polar surface area (TPSA) is 144 Å². The van der Waals surface area contributed by atoms with E-state index in [0.29, 0.717) is 23.3 Å². The van der Waals surface area contributed by atoms with Crippen LogP contribution >= 0.6 is 0 Å². The molecule has 0 radical (unpaired) electrons. The van der Waals surface area contributed by atoms with E-state index in [0.717, 1.165) is 95.3 Å². The second-order valence-electron chi connectivity index (χ2n) is 16.3. The predicted octanol–water partition coefficient (Wildman–Crippen LogP) is 11.5. The lowest BCUT2D eigenvalue weighted by molar-refractivity contribution is 1.06. The second-order valence-corrected chi connectivity index (χ2v) is 16.3. The highest BCUT2D eigenvalue weighted by Crippen LogP contribution is 2.35. The van der Waals surface area contributed by atoms with E-state index in [-0.39, 0.29) is 0 Å². The predicted molar refractivity (Wildman–Crippen MR) is 268 cm³/mol. The van der Waals surface area contributed by atoms with Gasteiger partial charge in [-0.1, -0.05) is 78.9 Å². The van der Waals surface area contributed by atoms with E-state index >= 15 is 0 Å². The van der Waals surface area contributed by atoms with Gasteiger partial charge in [0.15, 0.2) is 28.6 Å². The van der Waals surface area contributed by atoms with Crippen LogP contribution in [0.4, 0.5) is 0 Å². The lowest BCUT2D eigenvalue weighted by Gasteiger charge is -2.12. The van der Waals surface area contributed by atoms with E-state index in [4.69, 9.17) is 39.9 Å². The third-order valence-electron chi connectivity index (χ3n) is 12.0. The van der Waals surface area contributed by atoms with Crippen molar-refractivity contribution in [1.82, 2.24) is 63.5 Å². The molecule has 5 aromatic carbocycles.